The molecule has 0 aliphatic carbocycles. The molecule has 0 spiro atoms. The number of rotatable bonds is 6. The number of methoxy groups -OCH3 is 1. The summed E-state index contributed by atoms with van der Waals surface area (Å²) in [6, 6.07) is 11.6. The summed E-state index contributed by atoms with van der Waals surface area (Å²) in [6.07, 6.45) is 3.98. The molecule has 8 nitrogen and oxygen atoms in total. The summed E-state index contributed by atoms with van der Waals surface area (Å²) in [5, 5.41) is 0. The number of anilines is 1. The van der Waals surface area contributed by atoms with Crippen molar-refractivity contribution in [3.63, 3.8) is 0 Å². The molecule has 32 heavy (non-hydrogen) atoms. The fraction of sp³-hybridized carbons (Fsp3) is 0.333. The van der Waals surface area contributed by atoms with Crippen LogP contribution in [-0.2, 0) is 11.2 Å². The molecule has 0 radical (unpaired) electrons. The molecule has 0 atom stereocenters. The zero-order valence-corrected chi connectivity index (χ0v) is 18.4. The van der Waals surface area contributed by atoms with Crippen LogP contribution in [0.5, 0.6) is 5.75 Å². The molecular weight excluding hydrogens is 406 g/mol. The zero-order valence-electron chi connectivity index (χ0n) is 18.4. The molecule has 1 N–H and O–H groups in total. The van der Waals surface area contributed by atoms with Crippen molar-refractivity contribution < 1.29 is 9.53 Å². The Hall–Kier alpha value is -3.68. The lowest BCUT2D eigenvalue weighted by atomic mass is 10.1. The van der Waals surface area contributed by atoms with Gasteiger partial charge in [0.1, 0.15) is 11.6 Å². The highest BCUT2D eigenvalue weighted by Crippen LogP contribution is 2.22. The Balaban J connectivity index is 1.35. The van der Waals surface area contributed by atoms with Crippen molar-refractivity contribution in [1.82, 2.24) is 19.9 Å². The molecule has 1 aliphatic rings. The normalized spacial score (nSPS) is 13.8. The molecular formula is C24H27N5O3. The Bertz CT molecular complexity index is 1140. The van der Waals surface area contributed by atoms with Gasteiger partial charge in [-0.25, -0.2) is 4.98 Å². The molecule has 1 aromatic carbocycles. The summed E-state index contributed by atoms with van der Waals surface area (Å²) in [7, 11) is 1.66. The summed E-state index contributed by atoms with van der Waals surface area (Å²) in [6.45, 7) is 4.66. The summed E-state index contributed by atoms with van der Waals surface area (Å²) in [4.78, 5) is 40.9. The third-order valence-electron chi connectivity index (χ3n) is 5.82. The second-order valence-electron chi connectivity index (χ2n) is 7.78. The number of amides is 1. The van der Waals surface area contributed by atoms with Crippen molar-refractivity contribution in [3.8, 4) is 17.1 Å². The molecule has 166 valence electrons. The number of hydrogen-bond donors (Lipinski definition) is 1. The first-order chi connectivity index (χ1) is 15.5. The molecule has 0 unspecified atom stereocenters. The Labute approximate surface area is 186 Å². The number of nitrogens with zero attached hydrogens (tertiary/aromatic N) is 4. The van der Waals surface area contributed by atoms with Gasteiger partial charge in [-0.1, -0.05) is 6.07 Å². The number of nitrogens with one attached hydrogen (secondary N) is 1. The van der Waals surface area contributed by atoms with Crippen LogP contribution in [0.1, 0.15) is 17.7 Å². The molecule has 8 heteroatoms. The SMILES string of the molecule is COc1cccc(N2CCN(C(=O)CCc3c(C)nc(-c4ccncc4)[nH]c3=O)CC2)c1. The Morgan fingerprint density at radius 1 is 1.12 bits per heavy atom. The minimum Gasteiger partial charge on any atom is -0.497 e. The number of aryl methyl sites for hydroxylation is 1. The van der Waals surface area contributed by atoms with Gasteiger partial charge in [0, 0.05) is 73.6 Å². The van der Waals surface area contributed by atoms with Gasteiger partial charge in [-0.3, -0.25) is 14.6 Å². The van der Waals surface area contributed by atoms with E-state index < -0.39 is 0 Å². The number of H-pyrrole nitrogens is 1. The van der Waals surface area contributed by atoms with E-state index in [0.29, 0.717) is 43.0 Å². The van der Waals surface area contributed by atoms with Crippen LogP contribution < -0.4 is 15.2 Å². The second kappa shape index (κ2) is 9.64. The standard InChI is InChI=1S/C24H27N5O3/c1-17-21(24(31)27-23(26-17)18-8-10-25-11-9-18)6-7-22(30)29-14-12-28(13-15-29)19-4-3-5-20(16-19)32-2/h3-5,8-11,16H,6-7,12-15H2,1-2H3,(H,26,27,31). The average molecular weight is 434 g/mol. The number of carbonyl (C=O) groups excluding carboxylic acids is 1. The first-order valence-electron chi connectivity index (χ1n) is 10.7. The zero-order chi connectivity index (χ0) is 22.5. The van der Waals surface area contributed by atoms with Crippen LogP contribution in [0, 0.1) is 6.92 Å². The van der Waals surface area contributed by atoms with E-state index in [-0.39, 0.29) is 11.5 Å². The number of piperazine rings is 1. The fourth-order valence-corrected chi connectivity index (χ4v) is 3.96. The van der Waals surface area contributed by atoms with Crippen LogP contribution in [-0.4, -0.2) is 59.0 Å². The minimum atomic E-state index is -0.194. The highest BCUT2D eigenvalue weighted by atomic mass is 16.5. The maximum absolute atomic E-state index is 12.8. The number of benzene rings is 1. The van der Waals surface area contributed by atoms with Crippen molar-refractivity contribution in [1.29, 1.82) is 0 Å². The molecule has 3 aromatic rings. The van der Waals surface area contributed by atoms with E-state index in [1.807, 2.05) is 30.0 Å². The number of aromatic nitrogens is 3. The summed E-state index contributed by atoms with van der Waals surface area (Å²) in [5.74, 6) is 1.40. The Kier molecular flexibility index (Phi) is 6.49. The predicted octanol–water partition coefficient (Wildman–Crippen LogP) is 2.43. The lowest BCUT2D eigenvalue weighted by molar-refractivity contribution is -0.131. The van der Waals surface area contributed by atoms with Gasteiger partial charge in [-0.15, -0.1) is 0 Å². The molecule has 2 aromatic heterocycles. The van der Waals surface area contributed by atoms with E-state index in [4.69, 9.17) is 4.74 Å². The quantitative estimate of drug-likeness (QED) is 0.642. The largest absolute Gasteiger partial charge is 0.497 e. The summed E-state index contributed by atoms with van der Waals surface area (Å²) < 4.78 is 5.30. The number of aromatic amines is 1. The predicted molar refractivity (Wildman–Crippen MR) is 123 cm³/mol. The van der Waals surface area contributed by atoms with Crippen LogP contribution in [0.15, 0.2) is 53.6 Å². The lowest BCUT2D eigenvalue weighted by Gasteiger charge is -2.36. The van der Waals surface area contributed by atoms with Crippen molar-refractivity contribution in [2.75, 3.05) is 38.2 Å². The van der Waals surface area contributed by atoms with Crippen molar-refractivity contribution in [2.24, 2.45) is 0 Å². The number of hydrogen-bond acceptors (Lipinski definition) is 6. The van der Waals surface area contributed by atoms with Crippen molar-refractivity contribution in [2.45, 2.75) is 19.8 Å². The Morgan fingerprint density at radius 3 is 2.56 bits per heavy atom. The second-order valence-corrected chi connectivity index (χ2v) is 7.78. The van der Waals surface area contributed by atoms with E-state index in [9.17, 15) is 9.59 Å². The molecule has 1 aliphatic heterocycles. The smallest absolute Gasteiger partial charge is 0.254 e. The Morgan fingerprint density at radius 2 is 1.88 bits per heavy atom. The van der Waals surface area contributed by atoms with E-state index in [2.05, 4.69) is 25.9 Å². The monoisotopic (exact) mass is 433 g/mol. The van der Waals surface area contributed by atoms with Crippen LogP contribution in [0.3, 0.4) is 0 Å². The number of ether oxygens (including phenoxy) is 1. The highest BCUT2D eigenvalue weighted by molar-refractivity contribution is 5.77. The maximum atomic E-state index is 12.8. The average Bonchev–Trinajstić information content (AvgIpc) is 2.84. The van der Waals surface area contributed by atoms with Gasteiger partial charge in [0.2, 0.25) is 5.91 Å². The van der Waals surface area contributed by atoms with Gasteiger partial charge in [0.05, 0.1) is 7.11 Å². The van der Waals surface area contributed by atoms with Crippen LogP contribution >= 0.6 is 0 Å². The van der Waals surface area contributed by atoms with E-state index in [1.165, 1.54) is 0 Å². The van der Waals surface area contributed by atoms with Gasteiger partial charge in [0.15, 0.2) is 0 Å². The minimum absolute atomic E-state index is 0.0623. The van der Waals surface area contributed by atoms with Gasteiger partial charge in [-0.2, -0.15) is 0 Å². The van der Waals surface area contributed by atoms with Crippen LogP contribution in [0.2, 0.25) is 0 Å². The van der Waals surface area contributed by atoms with Crippen LogP contribution in [0.25, 0.3) is 11.4 Å². The lowest BCUT2D eigenvalue weighted by Crippen LogP contribution is -2.48. The summed E-state index contributed by atoms with van der Waals surface area (Å²) >= 11 is 0. The third-order valence-corrected chi connectivity index (χ3v) is 5.82. The van der Waals surface area contributed by atoms with Gasteiger partial charge in [0.25, 0.3) is 5.56 Å². The van der Waals surface area contributed by atoms with Gasteiger partial charge in [-0.05, 0) is 37.6 Å². The van der Waals surface area contributed by atoms with Crippen molar-refractivity contribution >= 4 is 11.6 Å². The molecule has 1 saturated heterocycles. The third kappa shape index (κ3) is 4.80. The van der Waals surface area contributed by atoms with E-state index in [1.54, 1.807) is 31.6 Å². The van der Waals surface area contributed by atoms with Crippen molar-refractivity contribution in [3.05, 3.63) is 70.4 Å². The first-order valence-corrected chi connectivity index (χ1v) is 10.7. The highest BCUT2D eigenvalue weighted by Gasteiger charge is 2.22. The topological polar surface area (TPSA) is 91.4 Å². The van der Waals surface area contributed by atoms with Gasteiger partial charge < -0.3 is 19.5 Å². The first kappa shape index (κ1) is 21.5. The molecule has 0 saturated carbocycles. The van der Waals surface area contributed by atoms with Gasteiger partial charge >= 0.3 is 0 Å². The fourth-order valence-electron chi connectivity index (χ4n) is 3.96. The molecule has 1 amide bonds. The summed E-state index contributed by atoms with van der Waals surface area (Å²) in [5.41, 5.74) is 2.91. The number of pyridine rings is 1. The van der Waals surface area contributed by atoms with E-state index in [0.717, 1.165) is 30.1 Å². The maximum Gasteiger partial charge on any atom is 0.254 e. The molecule has 4 rings (SSSR count). The number of carbonyl (C=O) groups is 1. The molecule has 1 fully saturated rings. The van der Waals surface area contributed by atoms with Crippen LogP contribution in [0.4, 0.5) is 5.69 Å². The molecule has 0 bridgehead atoms. The molecule has 3 heterocycles. The van der Waals surface area contributed by atoms with E-state index >= 15 is 0 Å².